The van der Waals surface area contributed by atoms with Gasteiger partial charge in [-0.25, -0.2) is 22.5 Å². The number of nitrogens with one attached hydrogen (secondary N) is 2. The van der Waals surface area contributed by atoms with E-state index in [2.05, 4.69) is 29.7 Å². The summed E-state index contributed by atoms with van der Waals surface area (Å²) in [7, 11) is -1.37. The van der Waals surface area contributed by atoms with Crippen molar-refractivity contribution in [2.45, 2.75) is 133 Å². The first-order valence-corrected chi connectivity index (χ1v) is 21.6. The number of alkyl halides is 4. The third-order valence-corrected chi connectivity index (χ3v) is 12.5. The van der Waals surface area contributed by atoms with E-state index in [1.165, 1.54) is 0 Å². The Balaban J connectivity index is 1.46. The number of carbonyl (C=O) groups excluding carboxylic acids is 1. The molecule has 2 aliphatic carbocycles. The largest absolute Gasteiger partial charge is 0.598 e. The van der Waals surface area contributed by atoms with Crippen LogP contribution in [0.25, 0.3) is 11.0 Å². The molecule has 2 heterocycles. The Morgan fingerprint density at radius 3 is 2.43 bits per heavy atom. The molecule has 264 valence electrons. The Labute approximate surface area is 279 Å². The van der Waals surface area contributed by atoms with Crippen LogP contribution in [0.2, 0.25) is 25.7 Å². The third kappa shape index (κ3) is 9.71. The van der Waals surface area contributed by atoms with Crippen LogP contribution in [0.15, 0.2) is 18.2 Å². The number of aromatic nitrogens is 2. The summed E-state index contributed by atoms with van der Waals surface area (Å²) in [5.74, 6) is -5.42. The van der Waals surface area contributed by atoms with Crippen LogP contribution >= 0.6 is 0 Å². The number of amides is 1. The number of nitrogens with zero attached hydrogens (tertiary/aromatic N) is 2. The number of fused-ring (bicyclic) bond motifs is 1. The normalized spacial score (nSPS) is 23.7. The van der Waals surface area contributed by atoms with Crippen LogP contribution in [0.4, 0.5) is 17.6 Å². The Kier molecular flexibility index (Phi) is 10.8. The Hall–Kier alpha value is -1.71. The minimum absolute atomic E-state index is 0.0552. The second-order valence-electron chi connectivity index (χ2n) is 15.9. The summed E-state index contributed by atoms with van der Waals surface area (Å²) in [4.78, 5) is 17.9. The predicted molar refractivity (Wildman–Crippen MR) is 177 cm³/mol. The maximum atomic E-state index is 14.1. The van der Waals surface area contributed by atoms with Crippen LogP contribution < -0.4 is 10.0 Å². The lowest BCUT2D eigenvalue weighted by Gasteiger charge is -2.35. The van der Waals surface area contributed by atoms with Crippen LogP contribution in [0, 0.1) is 11.8 Å². The fourth-order valence-electron chi connectivity index (χ4n) is 6.18. The highest BCUT2D eigenvalue weighted by atomic mass is 32.2. The van der Waals surface area contributed by atoms with Gasteiger partial charge >= 0.3 is 0 Å². The number of imidazole rings is 1. The molecule has 0 bridgehead atoms. The lowest BCUT2D eigenvalue weighted by molar-refractivity contribution is -0.150. The highest BCUT2D eigenvalue weighted by molar-refractivity contribution is 7.90. The summed E-state index contributed by atoms with van der Waals surface area (Å²) in [6, 6.07) is 5.70. The number of halogens is 4. The van der Waals surface area contributed by atoms with Crippen molar-refractivity contribution >= 4 is 36.4 Å². The molecule has 1 amide bonds. The van der Waals surface area contributed by atoms with Crippen LogP contribution in [0.3, 0.4) is 0 Å². The molecule has 1 saturated heterocycles. The van der Waals surface area contributed by atoms with Crippen molar-refractivity contribution in [1.29, 1.82) is 0 Å². The highest BCUT2D eigenvalue weighted by Gasteiger charge is 2.46. The minimum Gasteiger partial charge on any atom is -0.598 e. The van der Waals surface area contributed by atoms with Gasteiger partial charge in [0.25, 0.3) is 5.92 Å². The summed E-state index contributed by atoms with van der Waals surface area (Å²) >= 11 is -1.56. The highest BCUT2D eigenvalue weighted by Crippen LogP contribution is 2.45. The molecule has 0 spiro atoms. The molecule has 1 aromatic carbocycles. The Morgan fingerprint density at radius 1 is 1.15 bits per heavy atom. The van der Waals surface area contributed by atoms with Gasteiger partial charge < -0.3 is 23.9 Å². The van der Waals surface area contributed by atoms with Crippen molar-refractivity contribution < 1.29 is 36.4 Å². The van der Waals surface area contributed by atoms with E-state index < -0.39 is 54.8 Å². The number of benzene rings is 1. The summed E-state index contributed by atoms with van der Waals surface area (Å²) in [5.41, 5.74) is 2.24. The van der Waals surface area contributed by atoms with E-state index in [0.29, 0.717) is 17.9 Å². The van der Waals surface area contributed by atoms with Crippen LogP contribution in [0.1, 0.15) is 89.2 Å². The van der Waals surface area contributed by atoms with E-state index in [-0.39, 0.29) is 62.6 Å². The minimum atomic E-state index is -2.93. The maximum absolute atomic E-state index is 14.1. The van der Waals surface area contributed by atoms with Crippen molar-refractivity contribution in [1.82, 2.24) is 19.6 Å². The molecular weight excluding hydrogens is 653 g/mol. The molecule has 47 heavy (non-hydrogen) atoms. The monoisotopic (exact) mass is 702 g/mol. The Bertz CT molecular complexity index is 1390. The number of rotatable bonds is 14. The molecule has 5 rings (SSSR count). The van der Waals surface area contributed by atoms with E-state index in [9.17, 15) is 26.9 Å². The molecule has 0 unspecified atom stereocenters. The van der Waals surface area contributed by atoms with E-state index in [1.54, 1.807) is 0 Å². The predicted octanol–water partition coefficient (Wildman–Crippen LogP) is 7.26. The Morgan fingerprint density at radius 2 is 1.85 bits per heavy atom. The zero-order valence-electron chi connectivity index (χ0n) is 28.3. The summed E-state index contributed by atoms with van der Waals surface area (Å²) in [6.07, 6.45) is 0.474. The van der Waals surface area contributed by atoms with Crippen molar-refractivity contribution in [3.8, 4) is 0 Å². The molecule has 8 nitrogen and oxygen atoms in total. The quantitative estimate of drug-likeness (QED) is 0.0931. The fourth-order valence-corrected chi connectivity index (χ4v) is 7.78. The van der Waals surface area contributed by atoms with E-state index in [4.69, 9.17) is 14.5 Å². The second-order valence-corrected chi connectivity index (χ2v) is 23.6. The second kappa shape index (κ2) is 13.9. The van der Waals surface area contributed by atoms with Crippen molar-refractivity contribution in [3.63, 3.8) is 0 Å². The van der Waals surface area contributed by atoms with Gasteiger partial charge in [0.05, 0.1) is 23.2 Å². The lowest BCUT2D eigenvalue weighted by Crippen LogP contribution is -2.48. The summed E-state index contributed by atoms with van der Waals surface area (Å²) < 4.78 is 84.8. The van der Waals surface area contributed by atoms with Crippen LogP contribution in [-0.2, 0) is 32.4 Å². The van der Waals surface area contributed by atoms with Gasteiger partial charge in [-0.05, 0) is 75.6 Å². The molecule has 1 aromatic heterocycles. The van der Waals surface area contributed by atoms with E-state index in [0.717, 1.165) is 30.0 Å². The molecule has 4 atom stereocenters. The molecule has 2 aromatic rings. The zero-order valence-corrected chi connectivity index (χ0v) is 30.2. The standard InChI is InChI=1S/C33H50F4N4O4SSi/c1-31(2,3)46(43)40-29(26-11-12-32(34,35)19-45-26)30-38-24-16-23(9-10-25(24)41(30)20-44-13-14-47(4,5)6)28(22-7-8-22)39-27(42)15-21-17-33(36,37)18-21/h9-10,16,21-22,26,28-29,40H,7-8,11-15,17-20H2,1-6H3,(H,39,42)/t26-,28+,29-,46+/m0/s1. The van der Waals surface area contributed by atoms with Crippen LogP contribution in [-0.4, -0.2) is 64.0 Å². The van der Waals surface area contributed by atoms with Gasteiger partial charge in [-0.3, -0.25) is 4.79 Å². The van der Waals surface area contributed by atoms with E-state index in [1.807, 2.05) is 43.5 Å². The lowest BCUT2D eigenvalue weighted by atomic mass is 9.79. The first-order chi connectivity index (χ1) is 21.8. The molecule has 1 aliphatic heterocycles. The molecule has 0 radical (unpaired) electrons. The molecule has 2 N–H and O–H groups in total. The van der Waals surface area contributed by atoms with E-state index >= 15 is 0 Å². The van der Waals surface area contributed by atoms with Crippen molar-refractivity contribution in [2.75, 3.05) is 13.2 Å². The average Bonchev–Trinajstić information content (AvgIpc) is 3.71. The van der Waals surface area contributed by atoms with Gasteiger partial charge in [-0.1, -0.05) is 25.7 Å². The number of carbonyl (C=O) groups is 1. The first-order valence-electron chi connectivity index (χ1n) is 16.7. The molecule has 2 saturated carbocycles. The number of hydrogen-bond donors (Lipinski definition) is 2. The van der Waals surface area contributed by atoms with Gasteiger partial charge in [-0.2, -0.15) is 0 Å². The SMILES string of the molecule is CC(C)(C)[S@@+]([O-])N[C@H](c1nc2cc([C@H](NC(=O)CC3CC(F)(F)C3)C3CC3)ccc2n1COCC[Si](C)(C)C)[C@@H]1CCC(F)(F)CO1. The van der Waals surface area contributed by atoms with Gasteiger partial charge in [-0.15, -0.1) is 4.72 Å². The molecule has 14 heteroatoms. The zero-order chi connectivity index (χ0) is 34.4. The smallest absolute Gasteiger partial charge is 0.271 e. The van der Waals surface area contributed by atoms with Crippen LogP contribution in [0.5, 0.6) is 0 Å². The maximum Gasteiger partial charge on any atom is 0.271 e. The number of hydrogen-bond acceptors (Lipinski definition) is 6. The molecule has 3 aliphatic rings. The molecular formula is C33H50F4N4O4SSi. The topological polar surface area (TPSA) is 100 Å². The van der Waals surface area contributed by atoms with Gasteiger partial charge in [0.2, 0.25) is 11.8 Å². The van der Waals surface area contributed by atoms with Gasteiger partial charge in [0, 0.05) is 51.7 Å². The molecule has 3 fully saturated rings. The van der Waals surface area contributed by atoms with Crippen molar-refractivity contribution in [3.05, 3.63) is 29.6 Å². The summed E-state index contributed by atoms with van der Waals surface area (Å²) in [5, 5.41) is 3.11. The number of ether oxygens (including phenoxy) is 2. The average molecular weight is 703 g/mol. The fraction of sp³-hybridized carbons (Fsp3) is 0.758. The van der Waals surface area contributed by atoms with Crippen molar-refractivity contribution in [2.24, 2.45) is 11.8 Å². The third-order valence-electron chi connectivity index (χ3n) is 9.18. The van der Waals surface area contributed by atoms with Gasteiger partial charge in [0.1, 0.15) is 30.0 Å². The summed E-state index contributed by atoms with van der Waals surface area (Å²) in [6.45, 7) is 12.3. The first kappa shape index (κ1) is 36.6. The van der Waals surface area contributed by atoms with Gasteiger partial charge in [0.15, 0.2) is 0 Å².